The first kappa shape index (κ1) is 16.8. The summed E-state index contributed by atoms with van der Waals surface area (Å²) in [4.78, 5) is 12.0. The second-order valence-corrected chi connectivity index (χ2v) is 6.88. The van der Waals surface area contributed by atoms with Crippen molar-refractivity contribution in [2.24, 2.45) is 11.3 Å². The second-order valence-electron chi connectivity index (χ2n) is 6.88. The lowest BCUT2D eigenvalue weighted by molar-refractivity contribution is -0.139. The summed E-state index contributed by atoms with van der Waals surface area (Å²) in [5.74, 6) is 0.506. The summed E-state index contributed by atoms with van der Waals surface area (Å²) >= 11 is 0. The zero-order valence-corrected chi connectivity index (χ0v) is 14.1. The van der Waals surface area contributed by atoms with E-state index in [2.05, 4.69) is 20.8 Å². The molecular weight excluding hydrogens is 272 g/mol. The van der Waals surface area contributed by atoms with Gasteiger partial charge in [-0.3, -0.25) is 0 Å². The third-order valence-electron chi connectivity index (χ3n) is 4.99. The lowest BCUT2D eigenvalue weighted by atomic mass is 9.57. The van der Waals surface area contributed by atoms with Crippen LogP contribution in [0.25, 0.3) is 0 Å². The number of carbonyl (C=O) groups is 1. The lowest BCUT2D eigenvalue weighted by Gasteiger charge is -2.47. The van der Waals surface area contributed by atoms with E-state index in [4.69, 9.17) is 4.74 Å². The van der Waals surface area contributed by atoms with Gasteiger partial charge in [-0.05, 0) is 29.7 Å². The number of ether oxygens (including phenoxy) is 1. The number of benzene rings is 1. The molecule has 0 saturated heterocycles. The Bertz CT molecular complexity index is 514. The van der Waals surface area contributed by atoms with Crippen molar-refractivity contribution < 1.29 is 9.53 Å². The number of carbonyl (C=O) groups excluding carboxylic acids is 1. The molecule has 1 aromatic rings. The predicted octanol–water partition coefficient (Wildman–Crippen LogP) is 5.28. The number of allylic oxidation sites excluding steroid dienone is 1. The quantitative estimate of drug-likeness (QED) is 0.389. The van der Waals surface area contributed by atoms with E-state index in [9.17, 15) is 4.79 Å². The van der Waals surface area contributed by atoms with Gasteiger partial charge in [0.1, 0.15) is 6.61 Å². The molecule has 0 aromatic heterocycles. The number of rotatable bonds is 7. The SMILES string of the molecule is CCCCCC1C/C(=C\C(=O)OCc2ccccc2)C1(C)C. The van der Waals surface area contributed by atoms with Crippen molar-refractivity contribution in [3.63, 3.8) is 0 Å². The molecule has 1 saturated carbocycles. The summed E-state index contributed by atoms with van der Waals surface area (Å²) < 4.78 is 5.35. The van der Waals surface area contributed by atoms with E-state index in [1.807, 2.05) is 30.3 Å². The highest BCUT2D eigenvalue weighted by Gasteiger charge is 2.42. The average molecular weight is 300 g/mol. The van der Waals surface area contributed by atoms with Crippen LogP contribution in [0.2, 0.25) is 0 Å². The Morgan fingerprint density at radius 3 is 2.64 bits per heavy atom. The molecule has 1 aliphatic carbocycles. The van der Waals surface area contributed by atoms with E-state index in [1.54, 1.807) is 6.08 Å². The Kier molecular flexibility index (Phi) is 5.82. The maximum atomic E-state index is 12.0. The van der Waals surface area contributed by atoms with Gasteiger partial charge in [0.25, 0.3) is 0 Å². The third-order valence-corrected chi connectivity index (χ3v) is 4.99. The van der Waals surface area contributed by atoms with Crippen molar-refractivity contribution in [3.8, 4) is 0 Å². The molecule has 1 unspecified atom stereocenters. The van der Waals surface area contributed by atoms with Crippen LogP contribution in [0, 0.1) is 11.3 Å². The zero-order valence-electron chi connectivity index (χ0n) is 14.1. The second kappa shape index (κ2) is 7.62. The van der Waals surface area contributed by atoms with Gasteiger partial charge in [-0.2, -0.15) is 0 Å². The fraction of sp³-hybridized carbons (Fsp3) is 0.550. The van der Waals surface area contributed by atoms with Crippen LogP contribution >= 0.6 is 0 Å². The molecule has 0 amide bonds. The van der Waals surface area contributed by atoms with Gasteiger partial charge in [0.15, 0.2) is 0 Å². The Morgan fingerprint density at radius 1 is 1.27 bits per heavy atom. The summed E-state index contributed by atoms with van der Waals surface area (Å²) in [6.45, 7) is 7.09. The van der Waals surface area contributed by atoms with Crippen LogP contribution in [0.15, 0.2) is 42.0 Å². The molecule has 0 N–H and O–H groups in total. The molecule has 1 atom stereocenters. The largest absolute Gasteiger partial charge is 0.458 e. The molecule has 22 heavy (non-hydrogen) atoms. The molecule has 1 aromatic carbocycles. The molecule has 2 nitrogen and oxygen atoms in total. The first-order valence-corrected chi connectivity index (χ1v) is 8.45. The van der Waals surface area contributed by atoms with Crippen LogP contribution in [-0.4, -0.2) is 5.97 Å². The molecule has 2 heteroatoms. The Balaban J connectivity index is 1.81. The van der Waals surface area contributed by atoms with E-state index in [0.717, 1.165) is 12.0 Å². The van der Waals surface area contributed by atoms with Crippen molar-refractivity contribution in [2.45, 2.75) is 59.5 Å². The molecule has 0 radical (unpaired) electrons. The third kappa shape index (κ3) is 4.22. The van der Waals surface area contributed by atoms with Crippen LogP contribution in [0.4, 0.5) is 0 Å². The summed E-state index contributed by atoms with van der Waals surface area (Å²) in [6, 6.07) is 9.81. The highest BCUT2D eigenvalue weighted by atomic mass is 16.5. The maximum absolute atomic E-state index is 12.0. The minimum atomic E-state index is -0.209. The highest BCUT2D eigenvalue weighted by Crippen LogP contribution is 2.53. The molecule has 0 aliphatic heterocycles. The first-order valence-electron chi connectivity index (χ1n) is 8.45. The van der Waals surface area contributed by atoms with Gasteiger partial charge in [0.05, 0.1) is 0 Å². The molecular formula is C20H28O2. The number of hydrogen-bond acceptors (Lipinski definition) is 2. The number of unbranched alkanes of at least 4 members (excludes halogenated alkanes) is 2. The maximum Gasteiger partial charge on any atom is 0.331 e. The van der Waals surface area contributed by atoms with Crippen molar-refractivity contribution >= 4 is 5.97 Å². The fourth-order valence-electron chi connectivity index (χ4n) is 3.18. The van der Waals surface area contributed by atoms with Crippen LogP contribution in [0.5, 0.6) is 0 Å². The molecule has 2 rings (SSSR count). The fourth-order valence-corrected chi connectivity index (χ4v) is 3.18. The molecule has 0 heterocycles. The molecule has 0 spiro atoms. The smallest absolute Gasteiger partial charge is 0.331 e. The van der Waals surface area contributed by atoms with Crippen molar-refractivity contribution in [1.29, 1.82) is 0 Å². The Hall–Kier alpha value is -1.57. The van der Waals surface area contributed by atoms with Gasteiger partial charge in [-0.1, -0.05) is 75.9 Å². The van der Waals surface area contributed by atoms with E-state index >= 15 is 0 Å². The van der Waals surface area contributed by atoms with E-state index in [0.29, 0.717) is 12.5 Å². The van der Waals surface area contributed by atoms with Crippen molar-refractivity contribution in [3.05, 3.63) is 47.5 Å². The molecule has 1 aliphatic rings. The van der Waals surface area contributed by atoms with Gasteiger partial charge in [-0.15, -0.1) is 0 Å². The van der Waals surface area contributed by atoms with Crippen molar-refractivity contribution in [1.82, 2.24) is 0 Å². The van der Waals surface area contributed by atoms with Crippen molar-refractivity contribution in [2.75, 3.05) is 0 Å². The highest BCUT2D eigenvalue weighted by molar-refractivity contribution is 5.83. The minimum absolute atomic E-state index is 0.152. The number of esters is 1. The monoisotopic (exact) mass is 300 g/mol. The summed E-state index contributed by atoms with van der Waals surface area (Å²) in [5, 5.41) is 0. The minimum Gasteiger partial charge on any atom is -0.458 e. The summed E-state index contributed by atoms with van der Waals surface area (Å²) in [6.07, 6.45) is 7.93. The Morgan fingerprint density at radius 2 is 2.00 bits per heavy atom. The van der Waals surface area contributed by atoms with Crippen LogP contribution in [-0.2, 0) is 16.1 Å². The van der Waals surface area contributed by atoms with Crippen LogP contribution < -0.4 is 0 Å². The number of hydrogen-bond donors (Lipinski definition) is 0. The van der Waals surface area contributed by atoms with Crippen LogP contribution in [0.1, 0.15) is 58.4 Å². The molecule has 120 valence electrons. The predicted molar refractivity (Wildman–Crippen MR) is 90.4 cm³/mol. The zero-order chi connectivity index (χ0) is 16.0. The normalized spacial score (nSPS) is 21.4. The standard InChI is InChI=1S/C20H28O2/c1-4-5-7-12-17-13-18(20(17,2)3)14-19(21)22-15-16-10-8-6-9-11-16/h6,8-11,14,17H,4-5,7,12-13,15H2,1-3H3/b18-14+. The van der Waals surface area contributed by atoms with E-state index in [1.165, 1.54) is 31.3 Å². The summed E-state index contributed by atoms with van der Waals surface area (Å²) in [5.41, 5.74) is 2.42. The van der Waals surface area contributed by atoms with Gasteiger partial charge in [-0.25, -0.2) is 4.79 Å². The molecule has 0 bridgehead atoms. The summed E-state index contributed by atoms with van der Waals surface area (Å²) in [7, 11) is 0. The van der Waals surface area contributed by atoms with Gasteiger partial charge in [0, 0.05) is 6.08 Å². The van der Waals surface area contributed by atoms with Gasteiger partial charge in [0.2, 0.25) is 0 Å². The molecule has 1 fully saturated rings. The van der Waals surface area contributed by atoms with E-state index in [-0.39, 0.29) is 11.4 Å². The van der Waals surface area contributed by atoms with Gasteiger partial charge < -0.3 is 4.74 Å². The van der Waals surface area contributed by atoms with Gasteiger partial charge >= 0.3 is 5.97 Å². The lowest BCUT2D eigenvalue weighted by Crippen LogP contribution is -2.38. The topological polar surface area (TPSA) is 26.3 Å². The first-order chi connectivity index (χ1) is 10.5. The average Bonchev–Trinajstić information content (AvgIpc) is 2.52. The Labute approximate surface area is 134 Å². The van der Waals surface area contributed by atoms with E-state index < -0.39 is 0 Å². The van der Waals surface area contributed by atoms with Crippen LogP contribution in [0.3, 0.4) is 0 Å².